The number of aromatic nitrogens is 1. The second-order valence-corrected chi connectivity index (χ2v) is 5.37. The van der Waals surface area contributed by atoms with Gasteiger partial charge in [0.15, 0.2) is 0 Å². The predicted octanol–water partition coefficient (Wildman–Crippen LogP) is 4.49. The highest BCUT2D eigenvalue weighted by molar-refractivity contribution is 6.31. The Morgan fingerprint density at radius 1 is 1.29 bits per heavy atom. The second kappa shape index (κ2) is 6.28. The number of anilines is 1. The van der Waals surface area contributed by atoms with Gasteiger partial charge in [0, 0.05) is 12.1 Å². The van der Waals surface area contributed by atoms with E-state index >= 15 is 0 Å². The minimum absolute atomic E-state index is 0.0809. The van der Waals surface area contributed by atoms with Crippen molar-refractivity contribution >= 4 is 34.7 Å². The van der Waals surface area contributed by atoms with Crippen LogP contribution in [0.3, 0.4) is 0 Å². The van der Waals surface area contributed by atoms with Crippen molar-refractivity contribution in [2.24, 2.45) is 0 Å². The van der Waals surface area contributed by atoms with Crippen molar-refractivity contribution in [3.8, 4) is 0 Å². The van der Waals surface area contributed by atoms with Crippen molar-refractivity contribution in [2.45, 2.75) is 13.0 Å². The predicted molar refractivity (Wildman–Crippen MR) is 84.2 cm³/mol. The lowest BCUT2D eigenvalue weighted by Gasteiger charge is -2.27. The number of pyridine rings is 1. The van der Waals surface area contributed by atoms with Gasteiger partial charge in [-0.3, -0.25) is 10.1 Å². The van der Waals surface area contributed by atoms with Crippen LogP contribution in [0, 0.1) is 10.1 Å². The largest absolute Gasteiger partial charge is 0.353 e. The van der Waals surface area contributed by atoms with E-state index < -0.39 is 4.92 Å². The van der Waals surface area contributed by atoms with Crippen LogP contribution < -0.4 is 4.90 Å². The van der Waals surface area contributed by atoms with Crippen LogP contribution in [0.2, 0.25) is 10.2 Å². The molecule has 1 unspecified atom stereocenters. The molecule has 1 aromatic carbocycles. The first-order valence-corrected chi connectivity index (χ1v) is 6.95. The average Bonchev–Trinajstić information content (AvgIpc) is 2.45. The van der Waals surface area contributed by atoms with Crippen LogP contribution in [0.5, 0.6) is 0 Å². The monoisotopic (exact) mass is 325 g/mol. The molecule has 1 aromatic heterocycles. The maximum Gasteiger partial charge on any atom is 0.276 e. The first-order valence-electron chi connectivity index (χ1n) is 6.19. The lowest BCUT2D eigenvalue weighted by molar-refractivity contribution is -0.384. The molecule has 0 amide bonds. The summed E-state index contributed by atoms with van der Waals surface area (Å²) in [5, 5.41) is 11.6. The van der Waals surface area contributed by atoms with Crippen LogP contribution in [-0.4, -0.2) is 17.0 Å². The number of benzene rings is 1. The number of nitro groups is 1. The van der Waals surface area contributed by atoms with Crippen molar-refractivity contribution < 1.29 is 4.92 Å². The molecule has 7 heteroatoms. The van der Waals surface area contributed by atoms with Gasteiger partial charge in [-0.2, -0.15) is 0 Å². The van der Waals surface area contributed by atoms with E-state index in [-0.39, 0.29) is 16.9 Å². The van der Waals surface area contributed by atoms with Crippen LogP contribution >= 0.6 is 23.2 Å². The third kappa shape index (κ3) is 3.43. The molecule has 0 aliphatic rings. The Morgan fingerprint density at radius 3 is 2.57 bits per heavy atom. The molecule has 2 aromatic rings. The highest BCUT2D eigenvalue weighted by Gasteiger charge is 2.19. The van der Waals surface area contributed by atoms with Crippen molar-refractivity contribution in [2.75, 3.05) is 11.9 Å². The molecule has 0 aliphatic heterocycles. The first kappa shape index (κ1) is 15.5. The van der Waals surface area contributed by atoms with Gasteiger partial charge in [0.1, 0.15) is 11.0 Å². The normalized spacial score (nSPS) is 12.0. The summed E-state index contributed by atoms with van der Waals surface area (Å²) in [5.74, 6) is 0.418. The van der Waals surface area contributed by atoms with Crippen molar-refractivity contribution in [3.63, 3.8) is 0 Å². The number of rotatable bonds is 4. The summed E-state index contributed by atoms with van der Waals surface area (Å²) in [6.45, 7) is 1.94. The van der Waals surface area contributed by atoms with E-state index in [9.17, 15) is 10.1 Å². The molecule has 0 fully saturated rings. The summed E-state index contributed by atoms with van der Waals surface area (Å²) in [7, 11) is 1.79. The third-order valence-corrected chi connectivity index (χ3v) is 3.81. The number of hydrogen-bond donors (Lipinski definition) is 0. The Kier molecular flexibility index (Phi) is 4.65. The summed E-state index contributed by atoms with van der Waals surface area (Å²) in [6.07, 6.45) is 0. The van der Waals surface area contributed by atoms with Gasteiger partial charge in [-0.15, -0.1) is 0 Å². The molecule has 0 saturated carbocycles. The molecule has 1 atom stereocenters. The zero-order chi connectivity index (χ0) is 15.6. The van der Waals surface area contributed by atoms with Gasteiger partial charge in [0.2, 0.25) is 0 Å². The fraction of sp³-hybridized carbons (Fsp3) is 0.214. The Bertz CT molecular complexity index is 679. The van der Waals surface area contributed by atoms with E-state index in [1.165, 1.54) is 12.1 Å². The van der Waals surface area contributed by atoms with E-state index in [0.717, 1.165) is 5.56 Å². The molecule has 0 saturated heterocycles. The number of halogens is 2. The van der Waals surface area contributed by atoms with Crippen molar-refractivity contribution in [1.82, 2.24) is 4.98 Å². The summed E-state index contributed by atoms with van der Waals surface area (Å²) in [5.41, 5.74) is 0.814. The minimum Gasteiger partial charge on any atom is -0.353 e. The van der Waals surface area contributed by atoms with E-state index in [0.29, 0.717) is 10.8 Å². The second-order valence-electron chi connectivity index (χ2n) is 4.57. The average molecular weight is 326 g/mol. The summed E-state index contributed by atoms with van der Waals surface area (Å²) in [6, 6.07) is 9.94. The van der Waals surface area contributed by atoms with Crippen LogP contribution in [0.1, 0.15) is 18.5 Å². The minimum atomic E-state index is -0.495. The molecule has 21 heavy (non-hydrogen) atoms. The molecule has 0 spiro atoms. The molecule has 110 valence electrons. The summed E-state index contributed by atoms with van der Waals surface area (Å²) >= 11 is 12.0. The molecule has 1 heterocycles. The summed E-state index contributed by atoms with van der Waals surface area (Å²) < 4.78 is 0. The lowest BCUT2D eigenvalue weighted by atomic mass is 10.1. The maximum atomic E-state index is 10.9. The summed E-state index contributed by atoms with van der Waals surface area (Å²) in [4.78, 5) is 16.3. The van der Waals surface area contributed by atoms with Gasteiger partial charge in [-0.1, -0.05) is 41.4 Å². The van der Waals surface area contributed by atoms with Gasteiger partial charge in [-0.05, 0) is 18.6 Å². The smallest absolute Gasteiger partial charge is 0.276 e. The van der Waals surface area contributed by atoms with Gasteiger partial charge >= 0.3 is 0 Å². The molecule has 0 bridgehead atoms. The Hall–Kier alpha value is -1.85. The Labute approximate surface area is 132 Å². The van der Waals surface area contributed by atoms with Gasteiger partial charge in [0.05, 0.1) is 23.1 Å². The van der Waals surface area contributed by atoms with Gasteiger partial charge in [-0.25, -0.2) is 4.98 Å². The molecule has 2 rings (SSSR count). The molecule has 0 N–H and O–H groups in total. The molecule has 0 radical (unpaired) electrons. The van der Waals surface area contributed by atoms with E-state index in [1.807, 2.05) is 25.1 Å². The van der Waals surface area contributed by atoms with E-state index in [2.05, 4.69) is 4.98 Å². The van der Waals surface area contributed by atoms with Gasteiger partial charge < -0.3 is 4.90 Å². The van der Waals surface area contributed by atoms with Crippen molar-refractivity contribution in [1.29, 1.82) is 0 Å². The first-order chi connectivity index (χ1) is 9.90. The fourth-order valence-electron chi connectivity index (χ4n) is 1.98. The zero-order valence-corrected chi connectivity index (χ0v) is 13.0. The molecule has 0 aliphatic carbocycles. The van der Waals surface area contributed by atoms with Crippen LogP contribution in [0.4, 0.5) is 11.5 Å². The van der Waals surface area contributed by atoms with Crippen LogP contribution in [0.25, 0.3) is 0 Å². The quantitative estimate of drug-likeness (QED) is 0.472. The Balaban J connectivity index is 2.38. The maximum absolute atomic E-state index is 10.9. The van der Waals surface area contributed by atoms with Crippen LogP contribution in [-0.2, 0) is 0 Å². The topological polar surface area (TPSA) is 59.3 Å². The highest BCUT2D eigenvalue weighted by Crippen LogP contribution is 2.31. The highest BCUT2D eigenvalue weighted by atomic mass is 35.5. The molecule has 5 nitrogen and oxygen atoms in total. The standard InChI is InChI=1S/C14H13Cl2N3O2/c1-9(11-5-3-4-6-12(11)15)18(2)14-8-10(19(20)21)7-13(16)17-14/h3-9H,1-2H3. The van der Waals surface area contributed by atoms with Crippen LogP contribution in [0.15, 0.2) is 36.4 Å². The lowest BCUT2D eigenvalue weighted by Crippen LogP contribution is -2.23. The number of nitrogens with zero attached hydrogens (tertiary/aromatic N) is 3. The van der Waals surface area contributed by atoms with Crippen molar-refractivity contribution in [3.05, 3.63) is 62.3 Å². The van der Waals surface area contributed by atoms with E-state index in [4.69, 9.17) is 23.2 Å². The molecular formula is C14H13Cl2N3O2. The van der Waals surface area contributed by atoms with Gasteiger partial charge in [0.25, 0.3) is 5.69 Å². The Morgan fingerprint density at radius 2 is 1.95 bits per heavy atom. The number of hydrogen-bond acceptors (Lipinski definition) is 4. The van der Waals surface area contributed by atoms with E-state index in [1.54, 1.807) is 18.0 Å². The zero-order valence-electron chi connectivity index (χ0n) is 11.5. The third-order valence-electron chi connectivity index (χ3n) is 3.27. The fourth-order valence-corrected chi connectivity index (χ4v) is 2.47. The SMILES string of the molecule is CC(c1ccccc1Cl)N(C)c1cc([N+](=O)[O-])cc(Cl)n1. The molecular weight excluding hydrogens is 313 g/mol.